The highest BCUT2D eigenvalue weighted by Crippen LogP contribution is 2.37. The molecule has 2 rings (SSSR count). The summed E-state index contributed by atoms with van der Waals surface area (Å²) in [7, 11) is 0. The van der Waals surface area contributed by atoms with Crippen LogP contribution in [-0.2, 0) is 16.0 Å². The van der Waals surface area contributed by atoms with E-state index in [1.165, 1.54) is 0 Å². The molecular formula is C14H18O4. The third kappa shape index (κ3) is 2.48. The third-order valence-electron chi connectivity index (χ3n) is 3.12. The van der Waals surface area contributed by atoms with Gasteiger partial charge in [-0.15, -0.1) is 0 Å². The van der Waals surface area contributed by atoms with Crippen LogP contribution in [0.3, 0.4) is 0 Å². The highest BCUT2D eigenvalue weighted by Gasteiger charge is 2.25. The Hall–Kier alpha value is -1.55. The first kappa shape index (κ1) is 12.9. The lowest BCUT2D eigenvalue weighted by atomic mass is 10.1. The predicted molar refractivity (Wildman–Crippen MR) is 66.4 cm³/mol. The molecule has 1 aromatic carbocycles. The number of carbonyl (C=O) groups is 1. The van der Waals surface area contributed by atoms with Crippen molar-refractivity contribution in [2.45, 2.75) is 38.9 Å². The van der Waals surface area contributed by atoms with Gasteiger partial charge in [-0.2, -0.15) is 0 Å². The second kappa shape index (κ2) is 5.40. The number of benzene rings is 1. The molecule has 0 amide bonds. The molecule has 0 saturated carbocycles. The van der Waals surface area contributed by atoms with E-state index in [0.29, 0.717) is 18.8 Å². The summed E-state index contributed by atoms with van der Waals surface area (Å²) in [5, 5.41) is 9.79. The average molecular weight is 250 g/mol. The van der Waals surface area contributed by atoms with E-state index in [-0.39, 0.29) is 5.97 Å². The van der Waals surface area contributed by atoms with E-state index in [1.807, 2.05) is 18.2 Å². The summed E-state index contributed by atoms with van der Waals surface area (Å²) in [5.74, 6) is 0.304. The fourth-order valence-corrected chi connectivity index (χ4v) is 2.21. The SMILES string of the molecule is CCOC(=O)[C@@H](C)Oc1cccc2c1CC[C@@H]2O. The van der Waals surface area contributed by atoms with Gasteiger partial charge in [-0.1, -0.05) is 12.1 Å². The topological polar surface area (TPSA) is 55.8 Å². The lowest BCUT2D eigenvalue weighted by Gasteiger charge is -2.16. The van der Waals surface area contributed by atoms with Gasteiger partial charge in [-0.25, -0.2) is 4.79 Å². The molecule has 1 aliphatic rings. The minimum atomic E-state index is -0.630. The maximum atomic E-state index is 11.5. The normalized spacial score (nSPS) is 19.2. The minimum absolute atomic E-state index is 0.345. The van der Waals surface area contributed by atoms with Crippen molar-refractivity contribution in [2.75, 3.05) is 6.61 Å². The van der Waals surface area contributed by atoms with E-state index in [9.17, 15) is 9.90 Å². The van der Waals surface area contributed by atoms with Crippen LogP contribution < -0.4 is 4.74 Å². The Labute approximate surface area is 107 Å². The number of aliphatic hydroxyl groups is 1. The zero-order valence-corrected chi connectivity index (χ0v) is 10.7. The van der Waals surface area contributed by atoms with Gasteiger partial charge in [-0.3, -0.25) is 0 Å². The minimum Gasteiger partial charge on any atom is -0.479 e. The molecule has 98 valence electrons. The standard InChI is InChI=1S/C14H18O4/c1-3-17-14(16)9(2)18-13-6-4-5-10-11(13)7-8-12(10)15/h4-6,9,12,15H,3,7-8H2,1-2H3/t9-,12+/m1/s1. The Morgan fingerprint density at radius 3 is 3.06 bits per heavy atom. The molecule has 1 aromatic rings. The number of carbonyl (C=O) groups excluding carboxylic acids is 1. The van der Waals surface area contributed by atoms with Gasteiger partial charge in [0.2, 0.25) is 0 Å². The van der Waals surface area contributed by atoms with Crippen molar-refractivity contribution in [3.8, 4) is 5.75 Å². The van der Waals surface area contributed by atoms with Crippen LogP contribution in [0.2, 0.25) is 0 Å². The van der Waals surface area contributed by atoms with Crippen LogP contribution in [0.1, 0.15) is 37.5 Å². The van der Waals surface area contributed by atoms with E-state index in [2.05, 4.69) is 0 Å². The Kier molecular flexibility index (Phi) is 3.87. The molecule has 0 aromatic heterocycles. The fraction of sp³-hybridized carbons (Fsp3) is 0.500. The molecule has 0 radical (unpaired) electrons. The van der Waals surface area contributed by atoms with Crippen LogP contribution in [0, 0.1) is 0 Å². The molecule has 1 N–H and O–H groups in total. The summed E-state index contributed by atoms with van der Waals surface area (Å²) < 4.78 is 10.5. The second-order valence-corrected chi connectivity index (χ2v) is 4.39. The summed E-state index contributed by atoms with van der Waals surface area (Å²) in [6.45, 7) is 3.78. The van der Waals surface area contributed by atoms with Gasteiger partial charge in [0.1, 0.15) is 5.75 Å². The van der Waals surface area contributed by atoms with Crippen LogP contribution in [0.15, 0.2) is 18.2 Å². The number of rotatable bonds is 4. The van der Waals surface area contributed by atoms with Crippen molar-refractivity contribution in [2.24, 2.45) is 0 Å². The van der Waals surface area contributed by atoms with E-state index < -0.39 is 12.2 Å². The zero-order chi connectivity index (χ0) is 13.1. The lowest BCUT2D eigenvalue weighted by Crippen LogP contribution is -2.26. The summed E-state index contributed by atoms with van der Waals surface area (Å²) in [4.78, 5) is 11.5. The zero-order valence-electron chi connectivity index (χ0n) is 10.7. The highest BCUT2D eigenvalue weighted by atomic mass is 16.6. The van der Waals surface area contributed by atoms with Crippen LogP contribution in [0.25, 0.3) is 0 Å². The van der Waals surface area contributed by atoms with Gasteiger partial charge < -0.3 is 14.6 Å². The van der Waals surface area contributed by atoms with Crippen LogP contribution in [0.5, 0.6) is 5.75 Å². The number of ether oxygens (including phenoxy) is 2. The number of hydrogen-bond donors (Lipinski definition) is 1. The Morgan fingerprint density at radius 2 is 2.33 bits per heavy atom. The molecule has 0 aliphatic heterocycles. The summed E-state index contributed by atoms with van der Waals surface area (Å²) in [5.41, 5.74) is 1.91. The summed E-state index contributed by atoms with van der Waals surface area (Å²) >= 11 is 0. The Morgan fingerprint density at radius 1 is 1.56 bits per heavy atom. The van der Waals surface area contributed by atoms with Gasteiger partial charge in [0.05, 0.1) is 12.7 Å². The van der Waals surface area contributed by atoms with Crippen LogP contribution in [0.4, 0.5) is 0 Å². The van der Waals surface area contributed by atoms with Gasteiger partial charge >= 0.3 is 5.97 Å². The number of hydrogen-bond acceptors (Lipinski definition) is 4. The van der Waals surface area contributed by atoms with Crippen molar-refractivity contribution in [3.63, 3.8) is 0 Å². The molecule has 0 saturated heterocycles. The van der Waals surface area contributed by atoms with Crippen molar-refractivity contribution in [1.29, 1.82) is 0 Å². The van der Waals surface area contributed by atoms with E-state index in [4.69, 9.17) is 9.47 Å². The quantitative estimate of drug-likeness (QED) is 0.830. The van der Waals surface area contributed by atoms with Crippen molar-refractivity contribution in [3.05, 3.63) is 29.3 Å². The first-order valence-corrected chi connectivity index (χ1v) is 6.26. The largest absolute Gasteiger partial charge is 0.479 e. The summed E-state index contributed by atoms with van der Waals surface area (Å²) in [6, 6.07) is 5.56. The van der Waals surface area contributed by atoms with Crippen molar-refractivity contribution in [1.82, 2.24) is 0 Å². The molecule has 1 aliphatic carbocycles. The smallest absolute Gasteiger partial charge is 0.347 e. The average Bonchev–Trinajstić information content (AvgIpc) is 2.73. The second-order valence-electron chi connectivity index (χ2n) is 4.39. The van der Waals surface area contributed by atoms with Crippen LogP contribution in [-0.4, -0.2) is 23.8 Å². The monoisotopic (exact) mass is 250 g/mol. The number of esters is 1. The molecule has 0 unspecified atom stereocenters. The number of aliphatic hydroxyl groups excluding tert-OH is 1. The lowest BCUT2D eigenvalue weighted by molar-refractivity contribution is -0.150. The maximum absolute atomic E-state index is 11.5. The van der Waals surface area contributed by atoms with Gasteiger partial charge in [0.25, 0.3) is 0 Å². The molecule has 4 nitrogen and oxygen atoms in total. The fourth-order valence-electron chi connectivity index (χ4n) is 2.21. The molecule has 18 heavy (non-hydrogen) atoms. The molecule has 4 heteroatoms. The van der Waals surface area contributed by atoms with Gasteiger partial charge in [0.15, 0.2) is 6.10 Å². The van der Waals surface area contributed by atoms with Crippen LogP contribution >= 0.6 is 0 Å². The third-order valence-corrected chi connectivity index (χ3v) is 3.12. The molecule has 0 spiro atoms. The van der Waals surface area contributed by atoms with Gasteiger partial charge in [0, 0.05) is 5.56 Å². The maximum Gasteiger partial charge on any atom is 0.347 e. The highest BCUT2D eigenvalue weighted by molar-refractivity contribution is 5.74. The predicted octanol–water partition coefficient (Wildman–Crippen LogP) is 2.00. The molecule has 2 atom stereocenters. The van der Waals surface area contributed by atoms with E-state index in [0.717, 1.165) is 17.5 Å². The molecular weight excluding hydrogens is 232 g/mol. The Bertz CT molecular complexity index is 441. The molecule has 0 heterocycles. The van der Waals surface area contributed by atoms with Crippen molar-refractivity contribution >= 4 is 5.97 Å². The van der Waals surface area contributed by atoms with E-state index >= 15 is 0 Å². The first-order chi connectivity index (χ1) is 8.63. The van der Waals surface area contributed by atoms with Crippen molar-refractivity contribution < 1.29 is 19.4 Å². The van der Waals surface area contributed by atoms with Gasteiger partial charge in [-0.05, 0) is 38.3 Å². The Balaban J connectivity index is 2.13. The first-order valence-electron chi connectivity index (χ1n) is 6.26. The molecule has 0 bridgehead atoms. The number of fused-ring (bicyclic) bond motifs is 1. The summed E-state index contributed by atoms with van der Waals surface area (Å²) in [6.07, 6.45) is 0.446. The van der Waals surface area contributed by atoms with E-state index in [1.54, 1.807) is 13.8 Å². The molecule has 0 fully saturated rings.